The molecule has 4 N–H and O–H groups in total. The van der Waals surface area contributed by atoms with Crippen molar-refractivity contribution in [2.45, 2.75) is 31.9 Å². The van der Waals surface area contributed by atoms with Crippen LogP contribution in [0, 0.1) is 0 Å². The molecule has 0 radical (unpaired) electrons. The van der Waals surface area contributed by atoms with Crippen LogP contribution in [0.1, 0.15) is 36.6 Å². The normalized spacial score (nSPS) is 11.9. The highest BCUT2D eigenvalue weighted by atomic mass is 16.4. The molecule has 6 nitrogen and oxygen atoms in total. The Kier molecular flexibility index (Phi) is 7.42. The predicted octanol–water partition coefficient (Wildman–Crippen LogP) is 0.810. The van der Waals surface area contributed by atoms with Gasteiger partial charge in [0.1, 0.15) is 6.23 Å². The van der Waals surface area contributed by atoms with Gasteiger partial charge in [-0.25, -0.2) is 0 Å². The molecule has 0 saturated carbocycles. The lowest BCUT2D eigenvalue weighted by atomic mass is 10.0. The van der Waals surface area contributed by atoms with E-state index in [2.05, 4.69) is 10.6 Å². The molecule has 1 amide bonds. The first kappa shape index (κ1) is 17.1. The minimum Gasteiger partial charge on any atom is -0.480 e. The second-order valence-corrected chi connectivity index (χ2v) is 4.80. The molecular formula is C15H22N2O4. The molecule has 1 atom stereocenters. The zero-order valence-corrected chi connectivity index (χ0v) is 12.1. The molecule has 0 fully saturated rings. The van der Waals surface area contributed by atoms with Crippen molar-refractivity contribution in [3.63, 3.8) is 0 Å². The van der Waals surface area contributed by atoms with E-state index in [1.54, 1.807) is 13.1 Å². The summed E-state index contributed by atoms with van der Waals surface area (Å²) in [5, 5.41) is 23.5. The van der Waals surface area contributed by atoms with Crippen molar-refractivity contribution in [3.05, 3.63) is 35.4 Å². The van der Waals surface area contributed by atoms with Gasteiger partial charge in [-0.05, 0) is 30.4 Å². The van der Waals surface area contributed by atoms with Crippen molar-refractivity contribution >= 4 is 11.9 Å². The topological polar surface area (TPSA) is 98.7 Å². The average Bonchev–Trinajstić information content (AvgIpc) is 2.49. The number of hydrogen-bond donors (Lipinski definition) is 4. The van der Waals surface area contributed by atoms with Crippen LogP contribution in [0.25, 0.3) is 0 Å². The zero-order chi connectivity index (χ0) is 15.7. The van der Waals surface area contributed by atoms with E-state index in [-0.39, 0.29) is 12.5 Å². The minimum atomic E-state index is -1.01. The lowest BCUT2D eigenvalue weighted by Gasteiger charge is -2.13. The Morgan fingerprint density at radius 3 is 2.71 bits per heavy atom. The monoisotopic (exact) mass is 294 g/mol. The average molecular weight is 294 g/mol. The van der Waals surface area contributed by atoms with Gasteiger partial charge in [-0.2, -0.15) is 0 Å². The molecule has 0 bridgehead atoms. The predicted molar refractivity (Wildman–Crippen MR) is 78.7 cm³/mol. The summed E-state index contributed by atoms with van der Waals surface area (Å²) in [5.41, 5.74) is 1.70. The van der Waals surface area contributed by atoms with Crippen LogP contribution in [-0.2, 0) is 16.0 Å². The maximum Gasteiger partial charge on any atom is 0.317 e. The minimum absolute atomic E-state index is 0.0389. The maximum absolute atomic E-state index is 11.1. The Morgan fingerprint density at radius 2 is 2.05 bits per heavy atom. The number of aliphatic hydroxyl groups is 1. The number of carboxylic acids is 1. The number of rotatable bonds is 9. The van der Waals surface area contributed by atoms with E-state index in [9.17, 15) is 14.7 Å². The fourth-order valence-corrected chi connectivity index (χ4v) is 1.96. The van der Waals surface area contributed by atoms with Gasteiger partial charge in [0.15, 0.2) is 0 Å². The summed E-state index contributed by atoms with van der Waals surface area (Å²) in [6.45, 7) is -0.294. The standard InChI is InChI=1S/C15H22N2O4/c1-16-13(18)8-3-2-5-11-6-4-7-12(9-11)15(21)17-10-14(19)20/h4,6-7,9,15,17,21H,2-3,5,8,10H2,1H3,(H,16,18)(H,19,20). The van der Waals surface area contributed by atoms with E-state index < -0.39 is 12.2 Å². The van der Waals surface area contributed by atoms with Crippen LogP contribution in [0.3, 0.4) is 0 Å². The molecule has 1 rings (SSSR count). The van der Waals surface area contributed by atoms with Gasteiger partial charge in [-0.1, -0.05) is 24.3 Å². The largest absolute Gasteiger partial charge is 0.480 e. The molecule has 1 aromatic rings. The fourth-order valence-electron chi connectivity index (χ4n) is 1.96. The van der Waals surface area contributed by atoms with Crippen LogP contribution in [0.4, 0.5) is 0 Å². The summed E-state index contributed by atoms with van der Waals surface area (Å²) in [6, 6.07) is 7.37. The number of carboxylic acid groups (broad SMARTS) is 1. The van der Waals surface area contributed by atoms with Crippen molar-refractivity contribution in [2.24, 2.45) is 0 Å². The Hall–Kier alpha value is -1.92. The molecule has 0 aromatic heterocycles. The first-order chi connectivity index (χ1) is 10.0. The quantitative estimate of drug-likeness (QED) is 0.399. The van der Waals surface area contributed by atoms with E-state index in [0.717, 1.165) is 24.8 Å². The molecule has 0 spiro atoms. The Bertz CT molecular complexity index is 476. The summed E-state index contributed by atoms with van der Waals surface area (Å²) in [7, 11) is 1.62. The molecule has 0 aliphatic rings. The van der Waals surface area contributed by atoms with Gasteiger partial charge in [0.2, 0.25) is 5.91 Å². The first-order valence-corrected chi connectivity index (χ1v) is 6.95. The van der Waals surface area contributed by atoms with Gasteiger partial charge in [-0.15, -0.1) is 0 Å². The van der Waals surface area contributed by atoms with Gasteiger partial charge in [0.05, 0.1) is 6.54 Å². The third-order valence-electron chi connectivity index (χ3n) is 3.11. The fraction of sp³-hybridized carbons (Fsp3) is 0.467. The second-order valence-electron chi connectivity index (χ2n) is 4.80. The number of benzene rings is 1. The van der Waals surface area contributed by atoms with Crippen LogP contribution in [0.2, 0.25) is 0 Å². The molecule has 1 aromatic carbocycles. The highest BCUT2D eigenvalue weighted by molar-refractivity contribution is 5.75. The molecule has 116 valence electrons. The van der Waals surface area contributed by atoms with E-state index in [4.69, 9.17) is 5.11 Å². The zero-order valence-electron chi connectivity index (χ0n) is 12.1. The number of carbonyl (C=O) groups is 2. The molecule has 1 unspecified atom stereocenters. The third-order valence-corrected chi connectivity index (χ3v) is 3.11. The number of nitrogens with one attached hydrogen (secondary N) is 2. The van der Waals surface area contributed by atoms with Crippen molar-refractivity contribution < 1.29 is 19.8 Å². The molecule has 0 aliphatic heterocycles. The van der Waals surface area contributed by atoms with E-state index >= 15 is 0 Å². The van der Waals surface area contributed by atoms with Gasteiger partial charge in [0, 0.05) is 13.5 Å². The smallest absolute Gasteiger partial charge is 0.317 e. The van der Waals surface area contributed by atoms with E-state index in [1.165, 1.54) is 0 Å². The van der Waals surface area contributed by atoms with Crippen LogP contribution < -0.4 is 10.6 Å². The summed E-state index contributed by atoms with van der Waals surface area (Å²) >= 11 is 0. The van der Waals surface area contributed by atoms with Crippen LogP contribution in [-0.4, -0.2) is 35.7 Å². The number of carbonyl (C=O) groups excluding carboxylic acids is 1. The van der Waals surface area contributed by atoms with Gasteiger partial charge < -0.3 is 15.5 Å². The summed E-state index contributed by atoms with van der Waals surface area (Å²) < 4.78 is 0. The van der Waals surface area contributed by atoms with Crippen molar-refractivity contribution in [1.29, 1.82) is 0 Å². The van der Waals surface area contributed by atoms with E-state index in [1.807, 2.05) is 18.2 Å². The summed E-state index contributed by atoms with van der Waals surface area (Å²) in [4.78, 5) is 21.5. The van der Waals surface area contributed by atoms with Crippen molar-refractivity contribution in [3.8, 4) is 0 Å². The van der Waals surface area contributed by atoms with Gasteiger partial charge in [-0.3, -0.25) is 14.9 Å². The summed E-state index contributed by atoms with van der Waals surface area (Å²) in [5.74, 6) is -0.976. The number of unbranched alkanes of at least 4 members (excludes halogenated alkanes) is 1. The SMILES string of the molecule is CNC(=O)CCCCc1cccc(C(O)NCC(=O)O)c1. The van der Waals surface area contributed by atoms with Crippen LogP contribution in [0.5, 0.6) is 0 Å². The molecular weight excluding hydrogens is 272 g/mol. The second kappa shape index (κ2) is 9.10. The van der Waals surface area contributed by atoms with Gasteiger partial charge in [0.25, 0.3) is 0 Å². The van der Waals surface area contributed by atoms with Crippen LogP contribution >= 0.6 is 0 Å². The van der Waals surface area contributed by atoms with E-state index in [0.29, 0.717) is 12.0 Å². The number of amides is 1. The van der Waals surface area contributed by atoms with Crippen molar-refractivity contribution in [2.75, 3.05) is 13.6 Å². The molecule has 0 heterocycles. The molecule has 0 saturated heterocycles. The number of hydrogen-bond acceptors (Lipinski definition) is 4. The van der Waals surface area contributed by atoms with Crippen LogP contribution in [0.15, 0.2) is 24.3 Å². The number of aliphatic carboxylic acids is 1. The molecule has 0 aliphatic carbocycles. The summed E-state index contributed by atoms with van der Waals surface area (Å²) in [6.07, 6.45) is 2.03. The lowest BCUT2D eigenvalue weighted by Crippen LogP contribution is -2.27. The maximum atomic E-state index is 11.1. The number of aryl methyl sites for hydroxylation is 1. The molecule has 6 heteroatoms. The van der Waals surface area contributed by atoms with Gasteiger partial charge >= 0.3 is 5.97 Å². The number of aliphatic hydroxyl groups excluding tert-OH is 1. The molecule has 21 heavy (non-hydrogen) atoms. The Labute approximate surface area is 124 Å². The highest BCUT2D eigenvalue weighted by Gasteiger charge is 2.09. The lowest BCUT2D eigenvalue weighted by molar-refractivity contribution is -0.136. The third kappa shape index (κ3) is 6.87. The Balaban J connectivity index is 2.44. The highest BCUT2D eigenvalue weighted by Crippen LogP contribution is 2.14. The Morgan fingerprint density at radius 1 is 1.29 bits per heavy atom. The van der Waals surface area contributed by atoms with Crippen molar-refractivity contribution in [1.82, 2.24) is 10.6 Å². The first-order valence-electron chi connectivity index (χ1n) is 6.95.